The fraction of sp³-hybridized carbons (Fsp3) is 0.632. The van der Waals surface area contributed by atoms with Crippen LogP contribution in [0.15, 0.2) is 12.1 Å². The molecule has 0 aliphatic heterocycles. The standard InChI is InChI=1S/C38H58O6S/c1-35(2,3)27-21-23(13-15-29(39)40)25(31(33(27)43)37(7,8)9)17-19-45-20-18-26-24(14-16-30(41)42)22-28(36(4,5)6)34(44)32(26)38(10,11)12/h21-22,43-44H,13-20H2,1-12H3,(H,39,40)(H,41,42). The summed E-state index contributed by atoms with van der Waals surface area (Å²) in [5.74, 6) is 0.486. The second kappa shape index (κ2) is 14.4. The highest BCUT2D eigenvalue weighted by molar-refractivity contribution is 7.99. The Morgan fingerprint density at radius 1 is 0.556 bits per heavy atom. The molecule has 252 valence electrons. The summed E-state index contributed by atoms with van der Waals surface area (Å²) in [5.41, 5.74) is 6.23. The molecule has 0 unspecified atom stereocenters. The number of thioether (sulfide) groups is 1. The maximum Gasteiger partial charge on any atom is 0.303 e. The lowest BCUT2D eigenvalue weighted by molar-refractivity contribution is -0.138. The average molecular weight is 643 g/mol. The maximum absolute atomic E-state index is 11.6. The summed E-state index contributed by atoms with van der Waals surface area (Å²) in [4.78, 5) is 23.1. The molecule has 0 aliphatic rings. The molecule has 7 heteroatoms. The van der Waals surface area contributed by atoms with Crippen molar-refractivity contribution >= 4 is 23.7 Å². The lowest BCUT2D eigenvalue weighted by atomic mass is 9.74. The molecule has 2 aromatic carbocycles. The number of carboxylic acid groups (broad SMARTS) is 2. The lowest BCUT2D eigenvalue weighted by Crippen LogP contribution is -2.22. The van der Waals surface area contributed by atoms with Crippen LogP contribution in [0.3, 0.4) is 0 Å². The second-order valence-corrected chi connectivity index (χ2v) is 17.7. The van der Waals surface area contributed by atoms with Crippen molar-refractivity contribution in [1.82, 2.24) is 0 Å². The number of carbonyl (C=O) groups is 2. The van der Waals surface area contributed by atoms with Crippen LogP contribution in [0.25, 0.3) is 0 Å². The first-order valence-electron chi connectivity index (χ1n) is 16.2. The molecule has 2 rings (SSSR count). The van der Waals surface area contributed by atoms with Gasteiger partial charge in [0.15, 0.2) is 0 Å². The van der Waals surface area contributed by atoms with Gasteiger partial charge >= 0.3 is 11.9 Å². The number of carboxylic acids is 2. The SMILES string of the molecule is CC(C)(C)c1cc(CCC(=O)O)c(CCSCCc2c(CCC(=O)O)cc(C(C)(C)C)c(O)c2C(C)(C)C)c(C(C)(C)C)c1O. The van der Waals surface area contributed by atoms with Crippen molar-refractivity contribution in [3.63, 3.8) is 0 Å². The van der Waals surface area contributed by atoms with E-state index in [0.717, 1.165) is 56.0 Å². The minimum atomic E-state index is -0.841. The molecule has 4 N–H and O–H groups in total. The van der Waals surface area contributed by atoms with Crippen molar-refractivity contribution in [1.29, 1.82) is 0 Å². The fourth-order valence-corrected chi connectivity index (χ4v) is 7.15. The van der Waals surface area contributed by atoms with E-state index in [1.165, 1.54) is 0 Å². The number of hydrogen-bond donors (Lipinski definition) is 4. The Hall–Kier alpha value is -2.67. The molecular weight excluding hydrogens is 584 g/mol. The molecule has 0 spiro atoms. The van der Waals surface area contributed by atoms with Crippen LogP contribution in [-0.4, -0.2) is 43.9 Å². The zero-order chi connectivity index (χ0) is 34.7. The molecule has 45 heavy (non-hydrogen) atoms. The zero-order valence-corrected chi connectivity index (χ0v) is 30.6. The number of hydrogen-bond acceptors (Lipinski definition) is 5. The highest BCUT2D eigenvalue weighted by atomic mass is 32.2. The van der Waals surface area contributed by atoms with Gasteiger partial charge in [-0.05, 0) is 92.2 Å². The van der Waals surface area contributed by atoms with E-state index < -0.39 is 11.9 Å². The van der Waals surface area contributed by atoms with Gasteiger partial charge in [0.05, 0.1) is 0 Å². The van der Waals surface area contributed by atoms with Gasteiger partial charge in [-0.2, -0.15) is 11.8 Å². The van der Waals surface area contributed by atoms with E-state index in [9.17, 15) is 30.0 Å². The van der Waals surface area contributed by atoms with E-state index >= 15 is 0 Å². The molecule has 0 bridgehead atoms. The molecule has 0 aliphatic carbocycles. The van der Waals surface area contributed by atoms with E-state index in [1.807, 2.05) is 12.1 Å². The van der Waals surface area contributed by atoms with Crippen LogP contribution in [0.5, 0.6) is 11.5 Å². The van der Waals surface area contributed by atoms with E-state index in [4.69, 9.17) is 0 Å². The number of phenolic OH excluding ortho intramolecular Hbond substituents is 2. The molecule has 0 heterocycles. The molecule has 0 amide bonds. The van der Waals surface area contributed by atoms with Crippen molar-refractivity contribution in [3.05, 3.63) is 56.6 Å². The predicted octanol–water partition coefficient (Wildman–Crippen LogP) is 8.84. The molecule has 0 saturated heterocycles. The normalized spacial score (nSPS) is 12.9. The smallest absolute Gasteiger partial charge is 0.303 e. The molecular formula is C38H58O6S. The molecule has 0 aromatic heterocycles. The summed E-state index contributed by atoms with van der Waals surface area (Å²) in [7, 11) is 0. The van der Waals surface area contributed by atoms with Crippen LogP contribution in [0.2, 0.25) is 0 Å². The molecule has 0 radical (unpaired) electrons. The topological polar surface area (TPSA) is 115 Å². The Morgan fingerprint density at radius 2 is 0.867 bits per heavy atom. The summed E-state index contributed by atoms with van der Waals surface area (Å²) in [6.07, 6.45) is 2.25. The Labute approximate surface area is 276 Å². The van der Waals surface area contributed by atoms with Crippen molar-refractivity contribution in [2.24, 2.45) is 0 Å². The van der Waals surface area contributed by atoms with Crippen LogP contribution < -0.4 is 0 Å². The van der Waals surface area contributed by atoms with Crippen LogP contribution in [0.1, 0.15) is 140 Å². The van der Waals surface area contributed by atoms with Crippen LogP contribution >= 0.6 is 11.8 Å². The first kappa shape index (κ1) is 38.5. The largest absolute Gasteiger partial charge is 0.507 e. The zero-order valence-electron chi connectivity index (χ0n) is 29.8. The van der Waals surface area contributed by atoms with Gasteiger partial charge in [-0.1, -0.05) is 95.2 Å². The molecule has 0 saturated carbocycles. The third-order valence-corrected chi connectivity index (χ3v) is 9.31. The monoisotopic (exact) mass is 642 g/mol. The quantitative estimate of drug-likeness (QED) is 0.171. The minimum Gasteiger partial charge on any atom is -0.507 e. The molecule has 0 atom stereocenters. The van der Waals surface area contributed by atoms with E-state index in [0.29, 0.717) is 37.2 Å². The summed E-state index contributed by atoms with van der Waals surface area (Å²) >= 11 is 1.78. The van der Waals surface area contributed by atoms with E-state index in [2.05, 4.69) is 83.1 Å². The lowest BCUT2D eigenvalue weighted by Gasteiger charge is -2.32. The summed E-state index contributed by atoms with van der Waals surface area (Å²) in [6, 6.07) is 4.02. The van der Waals surface area contributed by atoms with E-state index in [1.54, 1.807) is 11.8 Å². The average Bonchev–Trinajstić information content (AvgIpc) is 2.83. The molecule has 6 nitrogen and oxygen atoms in total. The van der Waals surface area contributed by atoms with Gasteiger partial charge < -0.3 is 20.4 Å². The number of benzene rings is 2. The third-order valence-electron chi connectivity index (χ3n) is 8.33. The molecule has 2 aromatic rings. The van der Waals surface area contributed by atoms with Crippen LogP contribution in [-0.2, 0) is 56.9 Å². The van der Waals surface area contributed by atoms with Gasteiger partial charge in [-0.25, -0.2) is 0 Å². The minimum absolute atomic E-state index is 0.0286. The summed E-state index contributed by atoms with van der Waals surface area (Å²) in [5, 5.41) is 42.0. The Bertz CT molecular complexity index is 1270. The fourth-order valence-electron chi connectivity index (χ4n) is 6.25. The number of phenols is 2. The molecule has 0 fully saturated rings. The van der Waals surface area contributed by atoms with Gasteiger partial charge in [0.2, 0.25) is 0 Å². The van der Waals surface area contributed by atoms with Gasteiger partial charge in [0.25, 0.3) is 0 Å². The second-order valence-electron chi connectivity index (χ2n) is 16.5. The van der Waals surface area contributed by atoms with Crippen molar-refractivity contribution < 1.29 is 30.0 Å². The Kier molecular flexibility index (Phi) is 12.3. The third kappa shape index (κ3) is 10.2. The van der Waals surface area contributed by atoms with Gasteiger partial charge in [0.1, 0.15) is 11.5 Å². The van der Waals surface area contributed by atoms with Crippen molar-refractivity contribution in [2.75, 3.05) is 11.5 Å². The highest BCUT2D eigenvalue weighted by Crippen LogP contribution is 2.45. The Balaban J connectivity index is 2.48. The van der Waals surface area contributed by atoms with Crippen LogP contribution in [0.4, 0.5) is 0 Å². The predicted molar refractivity (Wildman–Crippen MR) is 188 cm³/mol. The number of aromatic hydroxyl groups is 2. The van der Waals surface area contributed by atoms with Crippen LogP contribution in [0, 0.1) is 0 Å². The Morgan fingerprint density at radius 3 is 1.11 bits per heavy atom. The van der Waals surface area contributed by atoms with E-state index in [-0.39, 0.29) is 34.5 Å². The number of rotatable bonds is 12. The van der Waals surface area contributed by atoms with Gasteiger partial charge in [-0.15, -0.1) is 0 Å². The van der Waals surface area contributed by atoms with Gasteiger partial charge in [-0.3, -0.25) is 9.59 Å². The highest BCUT2D eigenvalue weighted by Gasteiger charge is 2.32. The van der Waals surface area contributed by atoms with Crippen molar-refractivity contribution in [2.45, 2.75) is 143 Å². The van der Waals surface area contributed by atoms with Crippen molar-refractivity contribution in [3.8, 4) is 11.5 Å². The summed E-state index contributed by atoms with van der Waals surface area (Å²) < 4.78 is 0. The number of aliphatic carboxylic acids is 2. The first-order chi connectivity index (χ1) is 20.4. The number of aryl methyl sites for hydroxylation is 2. The summed E-state index contributed by atoms with van der Waals surface area (Å²) in [6.45, 7) is 24.9. The first-order valence-corrected chi connectivity index (χ1v) is 17.3. The maximum atomic E-state index is 11.6. The van der Waals surface area contributed by atoms with Gasteiger partial charge in [0, 0.05) is 24.0 Å².